The average molecular weight is 314 g/mol. The van der Waals surface area contributed by atoms with Gasteiger partial charge < -0.3 is 5.73 Å². The van der Waals surface area contributed by atoms with Crippen LogP contribution in [0.15, 0.2) is 6.20 Å². The van der Waals surface area contributed by atoms with Crippen LogP contribution >= 0.6 is 0 Å². The predicted octanol–water partition coefficient (Wildman–Crippen LogP) is 3.03. The van der Waals surface area contributed by atoms with Gasteiger partial charge in [-0.25, -0.2) is 8.78 Å². The summed E-state index contributed by atoms with van der Waals surface area (Å²) in [5, 5.41) is 4.41. The van der Waals surface area contributed by atoms with E-state index in [-0.39, 0.29) is 6.54 Å². The van der Waals surface area contributed by atoms with Crippen molar-refractivity contribution in [3.05, 3.63) is 11.9 Å². The zero-order valence-corrected chi connectivity index (χ0v) is 13.6. The quantitative estimate of drug-likeness (QED) is 0.841. The first-order valence-corrected chi connectivity index (χ1v) is 8.26. The van der Waals surface area contributed by atoms with Crippen molar-refractivity contribution in [2.75, 3.05) is 25.4 Å². The Balaban J connectivity index is 1.87. The third-order valence-electron chi connectivity index (χ3n) is 4.47. The highest BCUT2D eigenvalue weighted by Gasteiger charge is 2.22. The Hall–Kier alpha value is -1.17. The van der Waals surface area contributed by atoms with Crippen LogP contribution in [0.2, 0.25) is 0 Å². The minimum absolute atomic E-state index is 0.0962. The van der Waals surface area contributed by atoms with E-state index in [0.717, 1.165) is 56.7 Å². The van der Waals surface area contributed by atoms with Crippen LogP contribution in [0, 0.1) is 11.8 Å². The van der Waals surface area contributed by atoms with E-state index in [9.17, 15) is 8.78 Å². The molecule has 2 heterocycles. The maximum absolute atomic E-state index is 12.4. The van der Waals surface area contributed by atoms with Crippen molar-refractivity contribution in [1.29, 1.82) is 0 Å². The molecule has 0 aromatic carbocycles. The number of anilines is 1. The Kier molecular flexibility index (Phi) is 6.17. The Morgan fingerprint density at radius 3 is 2.59 bits per heavy atom. The molecule has 2 N–H and O–H groups in total. The Morgan fingerprint density at radius 2 is 2.00 bits per heavy atom. The van der Waals surface area contributed by atoms with Crippen LogP contribution in [0.1, 0.15) is 38.8 Å². The number of hydrogen-bond donors (Lipinski definition) is 1. The van der Waals surface area contributed by atoms with Crippen molar-refractivity contribution in [2.45, 2.75) is 52.5 Å². The van der Waals surface area contributed by atoms with Crippen molar-refractivity contribution in [3.8, 4) is 0 Å². The first-order chi connectivity index (χ1) is 10.5. The van der Waals surface area contributed by atoms with Crippen molar-refractivity contribution in [1.82, 2.24) is 14.7 Å². The molecule has 0 aliphatic carbocycles. The van der Waals surface area contributed by atoms with E-state index in [1.165, 1.54) is 0 Å². The number of alkyl halides is 2. The van der Waals surface area contributed by atoms with Crippen LogP contribution in [0.3, 0.4) is 0 Å². The van der Waals surface area contributed by atoms with Crippen molar-refractivity contribution in [3.63, 3.8) is 0 Å². The second-order valence-electron chi connectivity index (χ2n) is 6.80. The summed E-state index contributed by atoms with van der Waals surface area (Å²) < 4.78 is 26.8. The molecule has 0 bridgehead atoms. The first kappa shape index (κ1) is 17.2. The molecule has 22 heavy (non-hydrogen) atoms. The molecule has 0 unspecified atom stereocenters. The van der Waals surface area contributed by atoms with Crippen LogP contribution in [0.5, 0.6) is 0 Å². The number of likely N-dealkylation sites (tertiary alicyclic amines) is 1. The van der Waals surface area contributed by atoms with E-state index in [1.807, 2.05) is 9.58 Å². The van der Waals surface area contributed by atoms with Crippen molar-refractivity contribution in [2.24, 2.45) is 11.8 Å². The number of halogens is 2. The third-order valence-corrected chi connectivity index (χ3v) is 4.47. The molecule has 6 heteroatoms. The topological polar surface area (TPSA) is 47.1 Å². The number of rotatable bonds is 7. The second-order valence-corrected chi connectivity index (χ2v) is 6.80. The molecule has 0 spiro atoms. The molecular formula is C16H28F2N4. The number of piperidine rings is 1. The zero-order valence-electron chi connectivity index (χ0n) is 13.6. The van der Waals surface area contributed by atoms with Gasteiger partial charge in [-0.15, -0.1) is 0 Å². The van der Waals surface area contributed by atoms with E-state index >= 15 is 0 Å². The van der Waals surface area contributed by atoms with Gasteiger partial charge in [-0.2, -0.15) is 5.10 Å². The smallest absolute Gasteiger partial charge is 0.251 e. The first-order valence-electron chi connectivity index (χ1n) is 8.26. The third kappa shape index (κ3) is 4.93. The molecular weight excluding hydrogens is 286 g/mol. The standard InChI is InChI=1S/C16H28F2N4/c1-12(2)3-4-15-14(19)9-20-22(15)10-13-5-7-21(8-6-13)11-16(17)18/h9,12-13,16H,3-8,10-11,19H2,1-2H3. The van der Waals surface area contributed by atoms with Gasteiger partial charge in [0.1, 0.15) is 0 Å². The molecule has 1 aromatic heterocycles. The number of aromatic nitrogens is 2. The zero-order chi connectivity index (χ0) is 16.1. The van der Waals surface area contributed by atoms with Crippen LogP contribution in [0.25, 0.3) is 0 Å². The van der Waals surface area contributed by atoms with Crippen molar-refractivity contribution >= 4 is 5.69 Å². The summed E-state index contributed by atoms with van der Waals surface area (Å²) in [4.78, 5) is 1.86. The molecule has 1 saturated heterocycles. The van der Waals surface area contributed by atoms with Crippen LogP contribution in [-0.2, 0) is 13.0 Å². The normalized spacial score (nSPS) is 17.7. The predicted molar refractivity (Wildman–Crippen MR) is 85.0 cm³/mol. The highest BCUT2D eigenvalue weighted by molar-refractivity contribution is 5.40. The maximum atomic E-state index is 12.4. The van der Waals surface area contributed by atoms with E-state index in [1.54, 1.807) is 6.20 Å². The molecule has 1 fully saturated rings. The average Bonchev–Trinajstić information content (AvgIpc) is 2.78. The van der Waals surface area contributed by atoms with Gasteiger partial charge in [0.25, 0.3) is 6.43 Å². The maximum Gasteiger partial charge on any atom is 0.251 e. The van der Waals surface area contributed by atoms with Crippen molar-refractivity contribution < 1.29 is 8.78 Å². The minimum Gasteiger partial charge on any atom is -0.396 e. The van der Waals surface area contributed by atoms with Crippen LogP contribution in [0.4, 0.5) is 14.5 Å². The summed E-state index contributed by atoms with van der Waals surface area (Å²) in [6.07, 6.45) is 3.47. The molecule has 2 rings (SSSR count). The fourth-order valence-electron chi connectivity index (χ4n) is 3.07. The fourth-order valence-corrected chi connectivity index (χ4v) is 3.07. The van der Waals surface area contributed by atoms with Gasteiger partial charge in [0.05, 0.1) is 24.1 Å². The van der Waals surface area contributed by atoms with Gasteiger partial charge in [0, 0.05) is 6.54 Å². The summed E-state index contributed by atoms with van der Waals surface area (Å²) >= 11 is 0. The molecule has 0 radical (unpaired) electrons. The molecule has 0 amide bonds. The number of hydrogen-bond acceptors (Lipinski definition) is 3. The Bertz CT molecular complexity index is 451. The fraction of sp³-hybridized carbons (Fsp3) is 0.812. The SMILES string of the molecule is CC(C)CCc1c(N)cnn1CC1CCN(CC(F)F)CC1. The molecule has 1 aromatic rings. The molecule has 126 valence electrons. The van der Waals surface area contributed by atoms with E-state index in [4.69, 9.17) is 5.73 Å². The molecule has 0 saturated carbocycles. The summed E-state index contributed by atoms with van der Waals surface area (Å²) in [6.45, 7) is 6.68. The van der Waals surface area contributed by atoms with Gasteiger partial charge >= 0.3 is 0 Å². The van der Waals surface area contributed by atoms with Gasteiger partial charge in [0.15, 0.2) is 0 Å². The van der Waals surface area contributed by atoms with Crippen LogP contribution < -0.4 is 5.73 Å². The lowest BCUT2D eigenvalue weighted by Crippen LogP contribution is -2.38. The van der Waals surface area contributed by atoms with E-state index in [0.29, 0.717) is 11.8 Å². The summed E-state index contributed by atoms with van der Waals surface area (Å²) in [5.74, 6) is 1.14. The number of nitrogen functional groups attached to an aromatic ring is 1. The second kappa shape index (κ2) is 7.90. The highest BCUT2D eigenvalue weighted by Crippen LogP contribution is 2.23. The lowest BCUT2D eigenvalue weighted by atomic mass is 9.96. The minimum atomic E-state index is -2.23. The van der Waals surface area contributed by atoms with E-state index < -0.39 is 6.43 Å². The molecule has 0 atom stereocenters. The summed E-state index contributed by atoms with van der Waals surface area (Å²) in [5.41, 5.74) is 7.94. The van der Waals surface area contributed by atoms with E-state index in [2.05, 4.69) is 18.9 Å². The summed E-state index contributed by atoms with van der Waals surface area (Å²) in [7, 11) is 0. The largest absolute Gasteiger partial charge is 0.396 e. The monoisotopic (exact) mass is 314 g/mol. The van der Waals surface area contributed by atoms with Crippen LogP contribution in [-0.4, -0.2) is 40.7 Å². The molecule has 4 nitrogen and oxygen atoms in total. The van der Waals surface area contributed by atoms with Gasteiger partial charge in [-0.05, 0) is 50.6 Å². The highest BCUT2D eigenvalue weighted by atomic mass is 19.3. The van der Waals surface area contributed by atoms with Gasteiger partial charge in [-0.1, -0.05) is 13.8 Å². The molecule has 1 aliphatic heterocycles. The lowest BCUT2D eigenvalue weighted by molar-refractivity contribution is 0.0665. The number of nitrogens with two attached hydrogens (primary N) is 1. The summed E-state index contributed by atoms with van der Waals surface area (Å²) in [6, 6.07) is 0. The Morgan fingerprint density at radius 1 is 1.32 bits per heavy atom. The van der Waals surface area contributed by atoms with Gasteiger partial charge in [-0.3, -0.25) is 9.58 Å². The Labute approximate surface area is 131 Å². The number of nitrogens with zero attached hydrogens (tertiary/aromatic N) is 3. The lowest BCUT2D eigenvalue weighted by Gasteiger charge is -2.31. The van der Waals surface area contributed by atoms with Gasteiger partial charge in [0.2, 0.25) is 0 Å². The molecule has 1 aliphatic rings.